The summed E-state index contributed by atoms with van der Waals surface area (Å²) in [5, 5.41) is 10.6. The van der Waals surface area contributed by atoms with Crippen LogP contribution in [0.25, 0.3) is 5.82 Å². The molecule has 0 saturated heterocycles. The van der Waals surface area contributed by atoms with E-state index in [-0.39, 0.29) is 12.4 Å². The van der Waals surface area contributed by atoms with Gasteiger partial charge in [0.25, 0.3) is 0 Å². The van der Waals surface area contributed by atoms with Crippen LogP contribution in [-0.2, 0) is 10.9 Å². The second kappa shape index (κ2) is 5.27. The number of hydrogen-bond donors (Lipinski definition) is 0. The SMILES string of the molecule is CCOC(=O)c1cnn(-c2cccnn2)c1C(F)(F)F. The number of esters is 1. The molecule has 0 amide bonds. The standard InChI is InChI=1S/C11H9F3N4O2/c1-2-20-10(19)7-6-16-18(9(7)11(12,13)14)8-4-3-5-15-17-8/h3-6H,2H2,1H3. The van der Waals surface area contributed by atoms with E-state index >= 15 is 0 Å². The molecular formula is C11H9F3N4O2. The maximum absolute atomic E-state index is 13.1. The first kappa shape index (κ1) is 14.0. The summed E-state index contributed by atoms with van der Waals surface area (Å²) in [6.07, 6.45) is -2.67. The van der Waals surface area contributed by atoms with Crippen molar-refractivity contribution in [1.29, 1.82) is 0 Å². The molecule has 6 nitrogen and oxygen atoms in total. The maximum atomic E-state index is 13.1. The van der Waals surface area contributed by atoms with Gasteiger partial charge in [-0.15, -0.1) is 5.10 Å². The Kier molecular flexibility index (Phi) is 3.68. The molecule has 20 heavy (non-hydrogen) atoms. The van der Waals surface area contributed by atoms with Crippen LogP contribution in [0.15, 0.2) is 24.5 Å². The summed E-state index contributed by atoms with van der Waals surface area (Å²) < 4.78 is 44.4. The number of carbonyl (C=O) groups excluding carboxylic acids is 1. The molecule has 2 rings (SSSR count). The van der Waals surface area contributed by atoms with Crippen LogP contribution in [-0.4, -0.2) is 32.6 Å². The summed E-state index contributed by atoms with van der Waals surface area (Å²) in [7, 11) is 0. The van der Waals surface area contributed by atoms with E-state index in [4.69, 9.17) is 0 Å². The zero-order valence-electron chi connectivity index (χ0n) is 10.3. The van der Waals surface area contributed by atoms with Crippen molar-refractivity contribution < 1.29 is 22.7 Å². The van der Waals surface area contributed by atoms with Crippen molar-refractivity contribution in [2.24, 2.45) is 0 Å². The molecule has 0 aliphatic carbocycles. The number of hydrogen-bond acceptors (Lipinski definition) is 5. The maximum Gasteiger partial charge on any atom is 0.434 e. The van der Waals surface area contributed by atoms with Crippen molar-refractivity contribution in [3.8, 4) is 5.82 Å². The lowest BCUT2D eigenvalue weighted by Gasteiger charge is -2.11. The highest BCUT2D eigenvalue weighted by Gasteiger charge is 2.41. The van der Waals surface area contributed by atoms with Gasteiger partial charge in [-0.05, 0) is 19.1 Å². The van der Waals surface area contributed by atoms with E-state index in [0.717, 1.165) is 6.20 Å². The fourth-order valence-electron chi connectivity index (χ4n) is 1.56. The Morgan fingerprint density at radius 1 is 1.45 bits per heavy atom. The fourth-order valence-corrected chi connectivity index (χ4v) is 1.56. The quantitative estimate of drug-likeness (QED) is 0.805. The normalized spacial score (nSPS) is 11.4. The summed E-state index contributed by atoms with van der Waals surface area (Å²) in [4.78, 5) is 11.5. The molecule has 0 N–H and O–H groups in total. The highest BCUT2D eigenvalue weighted by Crippen LogP contribution is 2.33. The highest BCUT2D eigenvalue weighted by atomic mass is 19.4. The highest BCUT2D eigenvalue weighted by molar-refractivity contribution is 5.90. The van der Waals surface area contributed by atoms with E-state index in [2.05, 4.69) is 20.0 Å². The zero-order chi connectivity index (χ0) is 14.8. The molecule has 0 aliphatic rings. The Hall–Kier alpha value is -2.45. The van der Waals surface area contributed by atoms with Crippen molar-refractivity contribution >= 4 is 5.97 Å². The van der Waals surface area contributed by atoms with Crippen LogP contribution in [0.4, 0.5) is 13.2 Å². The number of alkyl halides is 3. The van der Waals surface area contributed by atoms with Gasteiger partial charge in [0.2, 0.25) is 0 Å². The van der Waals surface area contributed by atoms with Crippen molar-refractivity contribution in [2.75, 3.05) is 6.61 Å². The van der Waals surface area contributed by atoms with Crippen LogP contribution in [0.2, 0.25) is 0 Å². The first-order chi connectivity index (χ1) is 9.45. The predicted octanol–water partition coefficient (Wildman–Crippen LogP) is 1.86. The van der Waals surface area contributed by atoms with E-state index in [1.165, 1.54) is 25.3 Å². The Labute approximate surface area is 111 Å². The Morgan fingerprint density at radius 3 is 2.75 bits per heavy atom. The lowest BCUT2D eigenvalue weighted by molar-refractivity contribution is -0.143. The average Bonchev–Trinajstić information content (AvgIpc) is 2.84. The van der Waals surface area contributed by atoms with Crippen LogP contribution in [0.3, 0.4) is 0 Å². The predicted molar refractivity (Wildman–Crippen MR) is 60.1 cm³/mol. The fraction of sp³-hybridized carbons (Fsp3) is 0.273. The topological polar surface area (TPSA) is 69.9 Å². The molecule has 0 fully saturated rings. The number of nitrogens with zero attached hydrogens (tertiary/aromatic N) is 4. The second-order valence-corrected chi connectivity index (χ2v) is 3.62. The van der Waals surface area contributed by atoms with E-state index < -0.39 is 23.4 Å². The van der Waals surface area contributed by atoms with E-state index in [9.17, 15) is 18.0 Å². The number of ether oxygens (including phenoxy) is 1. The van der Waals surface area contributed by atoms with Gasteiger partial charge in [-0.1, -0.05) is 0 Å². The summed E-state index contributed by atoms with van der Waals surface area (Å²) in [5.74, 6) is -1.23. The van der Waals surface area contributed by atoms with Gasteiger partial charge >= 0.3 is 12.1 Å². The molecule has 0 bridgehead atoms. The van der Waals surface area contributed by atoms with E-state index in [1.54, 1.807) is 0 Å². The van der Waals surface area contributed by atoms with Crippen LogP contribution in [0.5, 0.6) is 0 Å². The van der Waals surface area contributed by atoms with Gasteiger partial charge in [0.05, 0.1) is 12.8 Å². The Bertz CT molecular complexity index is 610. The largest absolute Gasteiger partial charge is 0.462 e. The minimum atomic E-state index is -4.78. The van der Waals surface area contributed by atoms with Gasteiger partial charge in [0.15, 0.2) is 11.5 Å². The van der Waals surface area contributed by atoms with Crippen molar-refractivity contribution in [2.45, 2.75) is 13.1 Å². The second-order valence-electron chi connectivity index (χ2n) is 3.62. The number of aromatic nitrogens is 4. The molecule has 2 aromatic heterocycles. The average molecular weight is 286 g/mol. The first-order valence-electron chi connectivity index (χ1n) is 5.55. The van der Waals surface area contributed by atoms with Crippen molar-refractivity contribution in [3.05, 3.63) is 35.8 Å². The third kappa shape index (κ3) is 2.60. The monoisotopic (exact) mass is 286 g/mol. The third-order valence-corrected chi connectivity index (χ3v) is 2.31. The minimum absolute atomic E-state index is 0.0353. The zero-order valence-corrected chi connectivity index (χ0v) is 10.3. The van der Waals surface area contributed by atoms with Crippen LogP contribution >= 0.6 is 0 Å². The molecule has 9 heteroatoms. The van der Waals surface area contributed by atoms with Crippen LogP contribution in [0.1, 0.15) is 23.0 Å². The lowest BCUT2D eigenvalue weighted by Crippen LogP contribution is -2.19. The van der Waals surface area contributed by atoms with Gasteiger partial charge in [-0.2, -0.15) is 23.4 Å². The third-order valence-electron chi connectivity index (χ3n) is 2.31. The number of rotatable bonds is 3. The molecule has 0 unspecified atom stereocenters. The van der Waals surface area contributed by atoms with Crippen molar-refractivity contribution in [1.82, 2.24) is 20.0 Å². The van der Waals surface area contributed by atoms with Crippen LogP contribution < -0.4 is 0 Å². The van der Waals surface area contributed by atoms with E-state index in [1.807, 2.05) is 0 Å². The molecule has 0 atom stereocenters. The Morgan fingerprint density at radius 2 is 2.20 bits per heavy atom. The van der Waals surface area contributed by atoms with Gasteiger partial charge in [-0.25, -0.2) is 9.48 Å². The number of carbonyl (C=O) groups is 1. The number of halogens is 3. The lowest BCUT2D eigenvalue weighted by atomic mass is 10.2. The molecule has 2 heterocycles. The molecule has 0 aliphatic heterocycles. The van der Waals surface area contributed by atoms with Gasteiger partial charge in [0.1, 0.15) is 5.56 Å². The molecule has 106 valence electrons. The molecule has 0 radical (unpaired) electrons. The summed E-state index contributed by atoms with van der Waals surface area (Å²) >= 11 is 0. The summed E-state index contributed by atoms with van der Waals surface area (Å²) in [6.45, 7) is 1.46. The van der Waals surface area contributed by atoms with E-state index in [0.29, 0.717) is 4.68 Å². The van der Waals surface area contributed by atoms with Crippen molar-refractivity contribution in [3.63, 3.8) is 0 Å². The first-order valence-corrected chi connectivity index (χ1v) is 5.55. The molecular weight excluding hydrogens is 277 g/mol. The molecule has 0 saturated carbocycles. The summed E-state index contributed by atoms with van der Waals surface area (Å²) in [6, 6.07) is 2.71. The Balaban J connectivity index is 2.57. The van der Waals surface area contributed by atoms with Crippen LogP contribution in [0, 0.1) is 0 Å². The summed E-state index contributed by atoms with van der Waals surface area (Å²) in [5.41, 5.74) is -1.90. The molecule has 0 aromatic carbocycles. The molecule has 2 aromatic rings. The molecule has 0 spiro atoms. The smallest absolute Gasteiger partial charge is 0.434 e. The van der Waals surface area contributed by atoms with Gasteiger partial charge in [-0.3, -0.25) is 0 Å². The minimum Gasteiger partial charge on any atom is -0.462 e. The van der Waals surface area contributed by atoms with Gasteiger partial charge < -0.3 is 4.74 Å². The van der Waals surface area contributed by atoms with Gasteiger partial charge in [0, 0.05) is 6.20 Å².